The van der Waals surface area contributed by atoms with Gasteiger partial charge in [0.2, 0.25) is 5.91 Å². The third-order valence-corrected chi connectivity index (χ3v) is 6.88. The predicted octanol–water partition coefficient (Wildman–Crippen LogP) is 4.96. The van der Waals surface area contributed by atoms with Crippen LogP contribution in [0.3, 0.4) is 0 Å². The van der Waals surface area contributed by atoms with Crippen LogP contribution in [0.1, 0.15) is 36.6 Å². The Kier molecular flexibility index (Phi) is 6.35. The lowest BCUT2D eigenvalue weighted by Gasteiger charge is -2.34. The molecule has 1 unspecified atom stereocenters. The number of amides is 1. The van der Waals surface area contributed by atoms with Crippen molar-refractivity contribution in [3.63, 3.8) is 0 Å². The van der Waals surface area contributed by atoms with Gasteiger partial charge in [0.15, 0.2) is 16.8 Å². The van der Waals surface area contributed by atoms with Crippen LogP contribution in [0.25, 0.3) is 5.65 Å². The van der Waals surface area contributed by atoms with Crippen LogP contribution in [0.5, 0.6) is 0 Å². The fourth-order valence-corrected chi connectivity index (χ4v) is 5.19. The minimum absolute atomic E-state index is 0.0125. The van der Waals surface area contributed by atoms with E-state index >= 15 is 0 Å². The van der Waals surface area contributed by atoms with Crippen molar-refractivity contribution >= 4 is 34.5 Å². The number of anilines is 2. The van der Waals surface area contributed by atoms with Crippen molar-refractivity contribution in [2.75, 3.05) is 31.7 Å². The number of ether oxygens (including phenoxy) is 1. The van der Waals surface area contributed by atoms with Crippen LogP contribution in [-0.4, -0.2) is 58.4 Å². The zero-order valence-corrected chi connectivity index (χ0v) is 19.9. The zero-order chi connectivity index (χ0) is 24.7. The number of fused-ring (bicyclic) bond motifs is 3. The number of rotatable bonds is 4. The average Bonchev–Trinajstić information content (AvgIpc) is 3.24. The van der Waals surface area contributed by atoms with Gasteiger partial charge in [0.1, 0.15) is 0 Å². The van der Waals surface area contributed by atoms with E-state index in [1.54, 1.807) is 28.9 Å². The summed E-state index contributed by atoms with van der Waals surface area (Å²) >= 11 is 6.05. The van der Waals surface area contributed by atoms with Crippen LogP contribution in [0.4, 0.5) is 24.5 Å². The van der Waals surface area contributed by atoms with Crippen molar-refractivity contribution in [2.45, 2.75) is 37.9 Å². The number of aromatic nitrogens is 3. The van der Waals surface area contributed by atoms with Crippen LogP contribution < -0.4 is 4.90 Å². The molecule has 0 saturated carbocycles. The first-order valence-electron chi connectivity index (χ1n) is 11.6. The molecule has 2 atom stereocenters. The highest BCUT2D eigenvalue weighted by molar-refractivity contribution is 6.29. The number of nitrogens with zero attached hydrogens (tertiary/aromatic N) is 5. The number of carbonyl (C=O) groups excluding carboxylic acids is 1. The number of benzene rings is 1. The molecule has 186 valence electrons. The van der Waals surface area contributed by atoms with E-state index in [0.29, 0.717) is 36.8 Å². The molecule has 0 radical (unpaired) electrons. The van der Waals surface area contributed by atoms with Gasteiger partial charge in [-0.3, -0.25) is 4.79 Å². The molecule has 2 aliphatic rings. The third-order valence-electron chi connectivity index (χ3n) is 6.69. The molecule has 1 saturated heterocycles. The molecule has 1 amide bonds. The van der Waals surface area contributed by atoms with Gasteiger partial charge in [0.25, 0.3) is 0 Å². The van der Waals surface area contributed by atoms with E-state index in [1.165, 1.54) is 19.2 Å². The molecule has 3 aromatic rings. The summed E-state index contributed by atoms with van der Waals surface area (Å²) in [6, 6.07) is 5.85. The number of hydrogen-bond donors (Lipinski definition) is 0. The van der Waals surface area contributed by atoms with Crippen LogP contribution >= 0.6 is 11.6 Å². The Balaban J connectivity index is 1.43. The smallest absolute Gasteiger partial charge is 0.381 e. The summed E-state index contributed by atoms with van der Waals surface area (Å²) in [5.74, 6) is -1.10. The van der Waals surface area contributed by atoms with Crippen molar-refractivity contribution in [3.8, 4) is 0 Å². The maximum Gasteiger partial charge on any atom is 0.413 e. The summed E-state index contributed by atoms with van der Waals surface area (Å²) in [5.41, 5.74) is 3.19. The van der Waals surface area contributed by atoms with Gasteiger partial charge in [-0.1, -0.05) is 23.7 Å². The fraction of sp³-hybridized carbons (Fsp3) is 0.458. The second-order valence-corrected chi connectivity index (χ2v) is 9.37. The van der Waals surface area contributed by atoms with Crippen LogP contribution in [-0.2, 0) is 16.0 Å². The highest BCUT2D eigenvalue weighted by atomic mass is 35.5. The van der Waals surface area contributed by atoms with E-state index in [4.69, 9.17) is 16.3 Å². The Morgan fingerprint density at radius 1 is 1.26 bits per heavy atom. The Morgan fingerprint density at radius 3 is 2.71 bits per heavy atom. The van der Waals surface area contributed by atoms with E-state index in [0.717, 1.165) is 34.8 Å². The minimum atomic E-state index is -4.62. The molecule has 2 aliphatic heterocycles. The molecule has 2 aromatic heterocycles. The number of aryl methyl sites for hydroxylation is 1. The molecular formula is C24H25ClF3N5O2. The van der Waals surface area contributed by atoms with Gasteiger partial charge >= 0.3 is 6.18 Å². The van der Waals surface area contributed by atoms with Crippen molar-refractivity contribution in [3.05, 3.63) is 52.9 Å². The minimum Gasteiger partial charge on any atom is -0.381 e. The maximum absolute atomic E-state index is 14.1. The van der Waals surface area contributed by atoms with Gasteiger partial charge in [-0.2, -0.15) is 18.3 Å². The summed E-state index contributed by atoms with van der Waals surface area (Å²) in [5, 5.41) is 4.67. The molecule has 5 rings (SSSR count). The van der Waals surface area contributed by atoms with E-state index < -0.39 is 24.0 Å². The van der Waals surface area contributed by atoms with Crippen molar-refractivity contribution in [1.29, 1.82) is 0 Å². The third kappa shape index (κ3) is 4.56. The normalized spacial score (nSPS) is 19.5. The summed E-state index contributed by atoms with van der Waals surface area (Å²) in [6.45, 7) is 1.38. The van der Waals surface area contributed by atoms with Crippen LogP contribution in [0.15, 0.2) is 36.5 Å². The Morgan fingerprint density at radius 2 is 2.03 bits per heavy atom. The van der Waals surface area contributed by atoms with Crippen LogP contribution in [0, 0.1) is 5.92 Å². The standard InChI is InChI=1S/C24H25ClF3N5O2/c1-31(23(34)16-4-3-11-35-14-16)22(24(26,27)28)15-6-8-17(9-7-15)32-10-2-5-18-19(32)13-29-21-12-20(25)30-33(18)21/h6-9,12-13,16,22H,2-5,10-11,14H2,1H3/t16?,22-/m0/s1. The van der Waals surface area contributed by atoms with Gasteiger partial charge in [0, 0.05) is 32.0 Å². The molecule has 0 N–H and O–H groups in total. The lowest BCUT2D eigenvalue weighted by atomic mass is 9.98. The number of carbonyl (C=O) groups is 1. The first-order chi connectivity index (χ1) is 16.7. The summed E-state index contributed by atoms with van der Waals surface area (Å²) < 4.78 is 49.4. The largest absolute Gasteiger partial charge is 0.413 e. The second-order valence-electron chi connectivity index (χ2n) is 8.98. The van der Waals surface area contributed by atoms with E-state index in [2.05, 4.69) is 10.1 Å². The monoisotopic (exact) mass is 507 g/mol. The molecular weight excluding hydrogens is 483 g/mol. The maximum atomic E-state index is 14.1. The molecule has 0 bridgehead atoms. The van der Waals surface area contributed by atoms with E-state index in [1.807, 2.05) is 4.90 Å². The Bertz CT molecular complexity index is 1220. The first-order valence-corrected chi connectivity index (χ1v) is 11.9. The lowest BCUT2D eigenvalue weighted by Crippen LogP contribution is -2.44. The average molecular weight is 508 g/mol. The lowest BCUT2D eigenvalue weighted by molar-refractivity contribution is -0.191. The molecule has 4 heterocycles. The fourth-order valence-electron chi connectivity index (χ4n) is 5.02. The summed E-state index contributed by atoms with van der Waals surface area (Å²) in [4.78, 5) is 20.1. The van der Waals surface area contributed by atoms with Gasteiger partial charge in [-0.15, -0.1) is 0 Å². The number of halogens is 4. The first kappa shape index (κ1) is 23.9. The molecule has 7 nitrogen and oxygen atoms in total. The number of alkyl halides is 3. The number of hydrogen-bond acceptors (Lipinski definition) is 5. The molecule has 0 spiro atoms. The SMILES string of the molecule is CN(C(=O)C1CCCOC1)[C@@H](c1ccc(N2CCCc3c2cnc2cc(Cl)nn32)cc1)C(F)(F)F. The highest BCUT2D eigenvalue weighted by Crippen LogP contribution is 2.40. The zero-order valence-electron chi connectivity index (χ0n) is 19.1. The topological polar surface area (TPSA) is 63.0 Å². The second kappa shape index (κ2) is 9.31. The molecule has 11 heteroatoms. The van der Waals surface area contributed by atoms with E-state index in [-0.39, 0.29) is 12.2 Å². The van der Waals surface area contributed by atoms with Crippen molar-refractivity contribution in [2.24, 2.45) is 5.92 Å². The Hall–Kier alpha value is -2.85. The quantitative estimate of drug-likeness (QED) is 0.500. The molecule has 0 aliphatic carbocycles. The highest BCUT2D eigenvalue weighted by Gasteiger charge is 2.46. The van der Waals surface area contributed by atoms with Gasteiger partial charge in [0.05, 0.1) is 30.1 Å². The molecule has 35 heavy (non-hydrogen) atoms. The van der Waals surface area contributed by atoms with E-state index in [9.17, 15) is 18.0 Å². The van der Waals surface area contributed by atoms with Gasteiger partial charge in [-0.05, 0) is 43.4 Å². The van der Waals surface area contributed by atoms with Crippen LogP contribution in [0.2, 0.25) is 5.15 Å². The van der Waals surface area contributed by atoms with Crippen molar-refractivity contribution < 1.29 is 22.7 Å². The molecule has 1 fully saturated rings. The van der Waals surface area contributed by atoms with Gasteiger partial charge < -0.3 is 14.5 Å². The predicted molar refractivity (Wildman–Crippen MR) is 125 cm³/mol. The Labute approximate surface area is 205 Å². The summed E-state index contributed by atoms with van der Waals surface area (Å²) in [7, 11) is 1.22. The van der Waals surface area contributed by atoms with Crippen molar-refractivity contribution in [1.82, 2.24) is 19.5 Å². The van der Waals surface area contributed by atoms with Gasteiger partial charge in [-0.25, -0.2) is 9.50 Å². The summed E-state index contributed by atoms with van der Waals surface area (Å²) in [6.07, 6.45) is -0.0459. The molecule has 1 aromatic carbocycles.